The molecule has 2 N–H and O–H groups in total. The fourth-order valence-electron chi connectivity index (χ4n) is 3.19. The van der Waals surface area contributed by atoms with E-state index in [-0.39, 0.29) is 11.8 Å². The summed E-state index contributed by atoms with van der Waals surface area (Å²) in [4.78, 5) is 42.3. The Hall–Kier alpha value is -2.58. The van der Waals surface area contributed by atoms with Crippen molar-refractivity contribution in [2.24, 2.45) is 5.92 Å². The molecule has 8 nitrogen and oxygen atoms in total. The smallest absolute Gasteiger partial charge is 0.219 e. The Kier molecular flexibility index (Phi) is 26.2. The van der Waals surface area contributed by atoms with E-state index < -0.39 is 0 Å². The zero-order chi connectivity index (χ0) is 28.3. The van der Waals surface area contributed by atoms with Crippen LogP contribution in [-0.2, 0) is 14.3 Å². The standard InChI is InChI=1S/C18H25NO4.C7H13NO2.2C2H6/c20-13-15-4-5-18(12-16(15)14-21)23-11-3-1-2-10-22-17-6-8-19-9-7-17;1-6(5-9)3-4-7(10)8-2;2*1-2/h4-5,12-14,17,19H,1-3,6-11H2;5-6H,3-4H2,1-2H3,(H,8,10);2*1-2H3. The van der Waals surface area contributed by atoms with Gasteiger partial charge < -0.3 is 24.9 Å². The summed E-state index contributed by atoms with van der Waals surface area (Å²) < 4.78 is 11.5. The molecule has 0 saturated carbocycles. The molecule has 1 unspecified atom stereocenters. The van der Waals surface area contributed by atoms with Crippen molar-refractivity contribution in [3.05, 3.63) is 29.3 Å². The van der Waals surface area contributed by atoms with E-state index in [0.29, 0.717) is 55.0 Å². The van der Waals surface area contributed by atoms with Crippen molar-refractivity contribution >= 4 is 24.8 Å². The molecule has 1 atom stereocenters. The molecule has 1 aliphatic heterocycles. The van der Waals surface area contributed by atoms with Crippen molar-refractivity contribution in [2.45, 2.75) is 85.7 Å². The molecule has 0 bridgehead atoms. The van der Waals surface area contributed by atoms with Gasteiger partial charge in [0.1, 0.15) is 12.0 Å². The number of piperidine rings is 1. The Morgan fingerprint density at radius 3 is 2.19 bits per heavy atom. The Bertz CT molecular complexity index is 720. The third kappa shape index (κ3) is 19.2. The van der Waals surface area contributed by atoms with Gasteiger partial charge in [0.2, 0.25) is 5.91 Å². The normalized spacial score (nSPS) is 13.1. The number of aldehydes is 3. The molecule has 0 spiro atoms. The number of nitrogens with one attached hydrogen (secondary N) is 2. The first-order chi connectivity index (χ1) is 18.0. The summed E-state index contributed by atoms with van der Waals surface area (Å²) in [6.45, 7) is 13.3. The number of hydrogen-bond acceptors (Lipinski definition) is 7. The third-order valence-corrected chi connectivity index (χ3v) is 5.35. The summed E-state index contributed by atoms with van der Waals surface area (Å²) in [5.74, 6) is 0.620. The molecule has 37 heavy (non-hydrogen) atoms. The van der Waals surface area contributed by atoms with E-state index >= 15 is 0 Å². The quantitative estimate of drug-likeness (QED) is 0.260. The van der Waals surface area contributed by atoms with Crippen molar-refractivity contribution in [1.82, 2.24) is 10.6 Å². The van der Waals surface area contributed by atoms with Crippen LogP contribution in [-0.4, -0.2) is 64.2 Å². The van der Waals surface area contributed by atoms with Gasteiger partial charge in [0.15, 0.2) is 12.6 Å². The van der Waals surface area contributed by atoms with Crippen LogP contribution in [0.25, 0.3) is 0 Å². The number of rotatable bonds is 14. The topological polar surface area (TPSA) is 111 Å². The number of amides is 1. The highest BCUT2D eigenvalue weighted by atomic mass is 16.5. The minimum Gasteiger partial charge on any atom is -0.494 e. The Morgan fingerprint density at radius 2 is 1.62 bits per heavy atom. The van der Waals surface area contributed by atoms with Gasteiger partial charge in [-0.1, -0.05) is 34.6 Å². The average Bonchev–Trinajstić information content (AvgIpc) is 2.97. The summed E-state index contributed by atoms with van der Waals surface area (Å²) >= 11 is 0. The molecular formula is C29H50N2O6. The van der Waals surface area contributed by atoms with Gasteiger partial charge in [-0.15, -0.1) is 0 Å². The van der Waals surface area contributed by atoms with Crippen molar-refractivity contribution in [2.75, 3.05) is 33.4 Å². The maximum Gasteiger partial charge on any atom is 0.219 e. The Labute approximate surface area is 224 Å². The number of carbonyl (C=O) groups excluding carboxylic acids is 4. The summed E-state index contributed by atoms with van der Waals surface area (Å²) in [7, 11) is 1.59. The first-order valence-electron chi connectivity index (χ1n) is 13.7. The first-order valence-corrected chi connectivity index (χ1v) is 13.7. The van der Waals surface area contributed by atoms with Gasteiger partial charge in [-0.05, 0) is 69.8 Å². The zero-order valence-corrected chi connectivity index (χ0v) is 23.8. The van der Waals surface area contributed by atoms with Crippen LogP contribution in [0.5, 0.6) is 5.75 Å². The molecule has 1 aliphatic rings. The summed E-state index contributed by atoms with van der Waals surface area (Å²) in [6, 6.07) is 4.94. The van der Waals surface area contributed by atoms with Crippen LogP contribution in [0.3, 0.4) is 0 Å². The first kappa shape index (κ1) is 36.6. The predicted octanol–water partition coefficient (Wildman–Crippen LogP) is 5.03. The van der Waals surface area contributed by atoms with Crippen LogP contribution in [0.15, 0.2) is 18.2 Å². The molecule has 212 valence electrons. The van der Waals surface area contributed by atoms with Gasteiger partial charge in [-0.2, -0.15) is 0 Å². The van der Waals surface area contributed by atoms with Crippen LogP contribution in [0, 0.1) is 5.92 Å². The molecule has 0 radical (unpaired) electrons. The monoisotopic (exact) mass is 522 g/mol. The fourth-order valence-corrected chi connectivity index (χ4v) is 3.19. The SMILES string of the molecule is CC.CC.CNC(=O)CCC(C)C=O.O=Cc1ccc(OCCCCCOC2CCNCC2)cc1C=O. The second-order valence-electron chi connectivity index (χ2n) is 8.08. The predicted molar refractivity (Wildman–Crippen MR) is 150 cm³/mol. The van der Waals surface area contributed by atoms with Gasteiger partial charge in [0.05, 0.1) is 12.7 Å². The van der Waals surface area contributed by atoms with E-state index in [1.165, 1.54) is 0 Å². The molecule has 1 amide bonds. The Balaban J connectivity index is 0. The lowest BCUT2D eigenvalue weighted by molar-refractivity contribution is -0.121. The van der Waals surface area contributed by atoms with Crippen LogP contribution in [0.4, 0.5) is 0 Å². The van der Waals surface area contributed by atoms with Crippen molar-refractivity contribution in [1.29, 1.82) is 0 Å². The highest BCUT2D eigenvalue weighted by molar-refractivity contribution is 5.90. The number of hydrogen-bond donors (Lipinski definition) is 2. The lowest BCUT2D eigenvalue weighted by Gasteiger charge is -2.22. The number of benzene rings is 1. The Morgan fingerprint density at radius 1 is 1.00 bits per heavy atom. The minimum absolute atomic E-state index is 0.00250. The van der Waals surface area contributed by atoms with E-state index in [0.717, 1.165) is 58.1 Å². The lowest BCUT2D eigenvalue weighted by atomic mass is 10.1. The van der Waals surface area contributed by atoms with Crippen molar-refractivity contribution in [3.8, 4) is 5.75 Å². The summed E-state index contributed by atoms with van der Waals surface area (Å²) in [5.41, 5.74) is 0.760. The third-order valence-electron chi connectivity index (χ3n) is 5.35. The molecule has 1 saturated heterocycles. The van der Waals surface area contributed by atoms with E-state index in [1.54, 1.807) is 32.2 Å². The largest absolute Gasteiger partial charge is 0.494 e. The fraction of sp³-hybridized carbons (Fsp3) is 0.655. The van der Waals surface area contributed by atoms with Gasteiger partial charge >= 0.3 is 0 Å². The van der Waals surface area contributed by atoms with E-state index in [2.05, 4.69) is 10.6 Å². The van der Waals surface area contributed by atoms with Crippen LogP contribution in [0.1, 0.15) is 100 Å². The second kappa shape index (κ2) is 26.5. The lowest BCUT2D eigenvalue weighted by Crippen LogP contribution is -2.32. The van der Waals surface area contributed by atoms with Crippen molar-refractivity contribution in [3.63, 3.8) is 0 Å². The second-order valence-corrected chi connectivity index (χ2v) is 8.08. The van der Waals surface area contributed by atoms with Gasteiger partial charge in [-0.3, -0.25) is 14.4 Å². The highest BCUT2D eigenvalue weighted by Gasteiger charge is 2.12. The average molecular weight is 523 g/mol. The molecule has 2 rings (SSSR count). The molecule has 0 aliphatic carbocycles. The van der Waals surface area contributed by atoms with Crippen LogP contribution in [0.2, 0.25) is 0 Å². The molecule has 1 fully saturated rings. The molecule has 1 aromatic carbocycles. The van der Waals surface area contributed by atoms with Crippen LogP contribution >= 0.6 is 0 Å². The van der Waals surface area contributed by atoms with E-state index in [9.17, 15) is 19.2 Å². The summed E-state index contributed by atoms with van der Waals surface area (Å²) in [5, 5.41) is 5.82. The molecule has 0 aromatic heterocycles. The molecular weight excluding hydrogens is 472 g/mol. The number of unbranched alkanes of at least 4 members (excludes halogenated alkanes) is 2. The molecule has 1 aromatic rings. The molecule has 8 heteroatoms. The van der Waals surface area contributed by atoms with Gasteiger partial charge in [0, 0.05) is 37.1 Å². The van der Waals surface area contributed by atoms with Gasteiger partial charge in [-0.25, -0.2) is 0 Å². The maximum atomic E-state index is 10.9. The highest BCUT2D eigenvalue weighted by Crippen LogP contribution is 2.16. The van der Waals surface area contributed by atoms with Crippen molar-refractivity contribution < 1.29 is 28.7 Å². The van der Waals surface area contributed by atoms with E-state index in [1.807, 2.05) is 27.7 Å². The number of carbonyl (C=O) groups is 4. The van der Waals surface area contributed by atoms with Crippen LogP contribution < -0.4 is 15.4 Å². The van der Waals surface area contributed by atoms with Gasteiger partial charge in [0.25, 0.3) is 0 Å². The number of ether oxygens (including phenoxy) is 2. The summed E-state index contributed by atoms with van der Waals surface area (Å²) in [6.07, 6.45) is 8.98. The van der Waals surface area contributed by atoms with E-state index in [4.69, 9.17) is 9.47 Å². The minimum atomic E-state index is -0.00583. The molecule has 1 heterocycles. The maximum absolute atomic E-state index is 10.9. The zero-order valence-electron chi connectivity index (χ0n) is 23.8.